The molecule has 3 heteroatoms. The first-order valence-corrected chi connectivity index (χ1v) is 7.07. The van der Waals surface area contributed by atoms with Crippen molar-refractivity contribution in [2.24, 2.45) is 5.92 Å². The predicted octanol–water partition coefficient (Wildman–Crippen LogP) is 3.06. The topological polar surface area (TPSA) is 41.5 Å². The van der Waals surface area contributed by atoms with Gasteiger partial charge in [0.25, 0.3) is 0 Å². The zero-order chi connectivity index (χ0) is 14.4. The van der Waals surface area contributed by atoms with E-state index in [0.717, 1.165) is 29.8 Å². The summed E-state index contributed by atoms with van der Waals surface area (Å²) in [7, 11) is 1.66. The SMILES string of the molecule is CCCNC(C(C)C)C(O)c1ccc(OC)c(C)c1. The van der Waals surface area contributed by atoms with Crippen molar-refractivity contribution in [3.05, 3.63) is 29.3 Å². The average Bonchev–Trinajstić information content (AvgIpc) is 2.38. The molecule has 0 saturated carbocycles. The van der Waals surface area contributed by atoms with E-state index >= 15 is 0 Å². The molecule has 0 saturated heterocycles. The Kier molecular flexibility index (Phi) is 6.32. The van der Waals surface area contributed by atoms with Crippen LogP contribution >= 0.6 is 0 Å². The van der Waals surface area contributed by atoms with Crippen LogP contribution in [0.25, 0.3) is 0 Å². The van der Waals surface area contributed by atoms with Crippen molar-refractivity contribution in [2.75, 3.05) is 13.7 Å². The highest BCUT2D eigenvalue weighted by Gasteiger charge is 2.23. The summed E-state index contributed by atoms with van der Waals surface area (Å²) in [4.78, 5) is 0. The van der Waals surface area contributed by atoms with Gasteiger partial charge in [-0.3, -0.25) is 0 Å². The zero-order valence-electron chi connectivity index (χ0n) is 12.7. The molecule has 0 bridgehead atoms. The van der Waals surface area contributed by atoms with Gasteiger partial charge in [-0.2, -0.15) is 0 Å². The standard InChI is InChI=1S/C16H27NO2/c1-6-9-17-15(11(2)3)16(18)13-7-8-14(19-5)12(4)10-13/h7-8,10-11,15-18H,6,9H2,1-5H3. The number of ether oxygens (including phenoxy) is 1. The van der Waals surface area contributed by atoms with Crippen LogP contribution < -0.4 is 10.1 Å². The Hall–Kier alpha value is -1.06. The molecule has 2 atom stereocenters. The smallest absolute Gasteiger partial charge is 0.121 e. The van der Waals surface area contributed by atoms with Crippen LogP contribution in [0.3, 0.4) is 0 Å². The maximum Gasteiger partial charge on any atom is 0.121 e. The number of methoxy groups -OCH3 is 1. The van der Waals surface area contributed by atoms with E-state index in [-0.39, 0.29) is 6.04 Å². The Morgan fingerprint density at radius 2 is 2.00 bits per heavy atom. The van der Waals surface area contributed by atoms with Crippen molar-refractivity contribution >= 4 is 0 Å². The third kappa shape index (κ3) is 4.22. The Morgan fingerprint density at radius 1 is 1.32 bits per heavy atom. The molecule has 0 aliphatic rings. The van der Waals surface area contributed by atoms with Gasteiger partial charge in [-0.05, 0) is 49.1 Å². The van der Waals surface area contributed by atoms with Crippen molar-refractivity contribution in [2.45, 2.75) is 46.3 Å². The third-order valence-corrected chi connectivity index (χ3v) is 3.45. The molecule has 0 aliphatic heterocycles. The molecule has 0 spiro atoms. The van der Waals surface area contributed by atoms with Gasteiger partial charge in [-0.1, -0.05) is 26.8 Å². The molecule has 3 nitrogen and oxygen atoms in total. The molecule has 1 aromatic carbocycles. The van der Waals surface area contributed by atoms with Crippen LogP contribution in [0.2, 0.25) is 0 Å². The minimum Gasteiger partial charge on any atom is -0.496 e. The molecule has 1 aromatic rings. The molecule has 1 rings (SSSR count). The lowest BCUT2D eigenvalue weighted by molar-refractivity contribution is 0.105. The van der Waals surface area contributed by atoms with Crippen molar-refractivity contribution in [1.29, 1.82) is 0 Å². The minimum atomic E-state index is -0.490. The highest BCUT2D eigenvalue weighted by atomic mass is 16.5. The Bertz CT molecular complexity index is 390. The zero-order valence-corrected chi connectivity index (χ0v) is 12.7. The molecule has 0 amide bonds. The van der Waals surface area contributed by atoms with Crippen molar-refractivity contribution in [1.82, 2.24) is 5.32 Å². The molecule has 0 aliphatic carbocycles. The van der Waals surface area contributed by atoms with Gasteiger partial charge < -0.3 is 15.2 Å². The summed E-state index contributed by atoms with van der Waals surface area (Å²) in [5, 5.41) is 14.0. The molecule has 0 heterocycles. The molecular weight excluding hydrogens is 238 g/mol. The van der Waals surface area contributed by atoms with Crippen LogP contribution in [0.5, 0.6) is 5.75 Å². The van der Waals surface area contributed by atoms with Gasteiger partial charge >= 0.3 is 0 Å². The summed E-state index contributed by atoms with van der Waals surface area (Å²) in [6, 6.07) is 5.95. The fraction of sp³-hybridized carbons (Fsp3) is 0.625. The highest BCUT2D eigenvalue weighted by molar-refractivity contribution is 5.37. The Balaban J connectivity index is 2.89. The summed E-state index contributed by atoms with van der Waals surface area (Å²) in [5.41, 5.74) is 2.00. The molecule has 19 heavy (non-hydrogen) atoms. The second-order valence-electron chi connectivity index (χ2n) is 5.40. The van der Waals surface area contributed by atoms with Crippen LogP contribution in [-0.2, 0) is 0 Å². The van der Waals surface area contributed by atoms with Gasteiger partial charge in [0.1, 0.15) is 5.75 Å². The lowest BCUT2D eigenvalue weighted by Gasteiger charge is -2.28. The monoisotopic (exact) mass is 265 g/mol. The number of nitrogens with one attached hydrogen (secondary N) is 1. The quantitative estimate of drug-likeness (QED) is 0.796. The first-order valence-electron chi connectivity index (χ1n) is 7.07. The average molecular weight is 265 g/mol. The fourth-order valence-corrected chi connectivity index (χ4v) is 2.32. The molecule has 0 radical (unpaired) electrons. The Morgan fingerprint density at radius 3 is 2.47 bits per heavy atom. The maximum atomic E-state index is 10.6. The lowest BCUT2D eigenvalue weighted by Crippen LogP contribution is -2.39. The van der Waals surface area contributed by atoms with Gasteiger partial charge in [-0.15, -0.1) is 0 Å². The highest BCUT2D eigenvalue weighted by Crippen LogP contribution is 2.26. The van der Waals surface area contributed by atoms with E-state index in [1.165, 1.54) is 0 Å². The summed E-state index contributed by atoms with van der Waals surface area (Å²) in [6.45, 7) is 9.32. The maximum absolute atomic E-state index is 10.6. The van der Waals surface area contributed by atoms with E-state index in [9.17, 15) is 5.11 Å². The normalized spacial score (nSPS) is 14.5. The van der Waals surface area contributed by atoms with Crippen LogP contribution in [0.1, 0.15) is 44.4 Å². The van der Waals surface area contributed by atoms with E-state index in [1.807, 2.05) is 25.1 Å². The summed E-state index contributed by atoms with van der Waals surface area (Å²) >= 11 is 0. The van der Waals surface area contributed by atoms with Crippen molar-refractivity contribution in [3.8, 4) is 5.75 Å². The first-order chi connectivity index (χ1) is 9.01. The Labute approximate surface area is 117 Å². The second-order valence-corrected chi connectivity index (χ2v) is 5.40. The molecule has 108 valence electrons. The van der Waals surface area contributed by atoms with Gasteiger partial charge in [0, 0.05) is 6.04 Å². The van der Waals surface area contributed by atoms with E-state index < -0.39 is 6.10 Å². The van der Waals surface area contributed by atoms with Gasteiger partial charge in [0.15, 0.2) is 0 Å². The number of aliphatic hydroxyl groups excluding tert-OH is 1. The minimum absolute atomic E-state index is 0.0766. The molecular formula is C16H27NO2. The summed E-state index contributed by atoms with van der Waals surface area (Å²) in [6.07, 6.45) is 0.577. The lowest BCUT2D eigenvalue weighted by atomic mass is 9.92. The third-order valence-electron chi connectivity index (χ3n) is 3.45. The van der Waals surface area contributed by atoms with Gasteiger partial charge in [-0.25, -0.2) is 0 Å². The molecule has 2 N–H and O–H groups in total. The van der Waals surface area contributed by atoms with E-state index in [1.54, 1.807) is 7.11 Å². The van der Waals surface area contributed by atoms with Crippen LogP contribution in [0.15, 0.2) is 18.2 Å². The molecule has 2 unspecified atom stereocenters. The van der Waals surface area contributed by atoms with Gasteiger partial charge in [0.2, 0.25) is 0 Å². The number of rotatable bonds is 7. The molecule has 0 fully saturated rings. The van der Waals surface area contributed by atoms with Crippen LogP contribution in [-0.4, -0.2) is 24.8 Å². The van der Waals surface area contributed by atoms with Gasteiger partial charge in [0.05, 0.1) is 13.2 Å². The number of hydrogen-bond acceptors (Lipinski definition) is 3. The number of aryl methyl sites for hydroxylation is 1. The number of benzene rings is 1. The van der Waals surface area contributed by atoms with Crippen LogP contribution in [0.4, 0.5) is 0 Å². The van der Waals surface area contributed by atoms with Crippen LogP contribution in [0, 0.1) is 12.8 Å². The largest absolute Gasteiger partial charge is 0.496 e. The first kappa shape index (κ1) is 16.0. The number of aliphatic hydroxyl groups is 1. The second kappa shape index (κ2) is 7.51. The van der Waals surface area contributed by atoms with Crippen molar-refractivity contribution < 1.29 is 9.84 Å². The van der Waals surface area contributed by atoms with E-state index in [0.29, 0.717) is 5.92 Å². The number of hydrogen-bond donors (Lipinski definition) is 2. The van der Waals surface area contributed by atoms with E-state index in [4.69, 9.17) is 4.74 Å². The predicted molar refractivity (Wildman–Crippen MR) is 79.6 cm³/mol. The van der Waals surface area contributed by atoms with E-state index in [2.05, 4.69) is 26.1 Å². The molecule has 0 aromatic heterocycles. The van der Waals surface area contributed by atoms with Crippen molar-refractivity contribution in [3.63, 3.8) is 0 Å². The summed E-state index contributed by atoms with van der Waals surface area (Å²) < 4.78 is 5.26. The fourth-order valence-electron chi connectivity index (χ4n) is 2.32. The summed E-state index contributed by atoms with van der Waals surface area (Å²) in [5.74, 6) is 1.24.